The van der Waals surface area contributed by atoms with Gasteiger partial charge in [-0.15, -0.1) is 0 Å². The molecule has 0 spiro atoms. The van der Waals surface area contributed by atoms with Crippen LogP contribution in [0.2, 0.25) is 0 Å². The molecular formula is C22H17N3O4. The lowest BCUT2D eigenvalue weighted by Crippen LogP contribution is -2.34. The Labute approximate surface area is 166 Å². The van der Waals surface area contributed by atoms with Crippen LogP contribution in [0.3, 0.4) is 0 Å². The molecule has 0 radical (unpaired) electrons. The predicted octanol–water partition coefficient (Wildman–Crippen LogP) is 3.91. The van der Waals surface area contributed by atoms with Crippen LogP contribution in [0.5, 0.6) is 5.75 Å². The molecule has 0 saturated heterocycles. The summed E-state index contributed by atoms with van der Waals surface area (Å²) < 4.78 is 5.56. The van der Waals surface area contributed by atoms with E-state index in [4.69, 9.17) is 4.74 Å². The van der Waals surface area contributed by atoms with Gasteiger partial charge in [0.15, 0.2) is 6.10 Å². The number of nitrogens with one attached hydrogen (secondary N) is 1. The number of hydrogen-bond acceptors (Lipinski definition) is 5. The van der Waals surface area contributed by atoms with E-state index in [9.17, 15) is 14.9 Å². The molecule has 4 rings (SSSR count). The van der Waals surface area contributed by atoms with E-state index in [1.54, 1.807) is 6.92 Å². The minimum Gasteiger partial charge on any atom is -0.481 e. The Balaban J connectivity index is 1.50. The summed E-state index contributed by atoms with van der Waals surface area (Å²) in [5.41, 5.74) is 7.29. The quantitative estimate of drug-likeness (QED) is 0.415. The average Bonchev–Trinajstić information content (AvgIpc) is 3.06. The van der Waals surface area contributed by atoms with E-state index in [1.807, 2.05) is 48.5 Å². The number of benzene rings is 3. The number of nitrogens with zero attached hydrogens (tertiary/aromatic N) is 2. The van der Waals surface area contributed by atoms with Crippen molar-refractivity contribution in [3.63, 3.8) is 0 Å². The molecule has 3 aromatic carbocycles. The van der Waals surface area contributed by atoms with E-state index >= 15 is 0 Å². The van der Waals surface area contributed by atoms with Gasteiger partial charge in [-0.2, -0.15) is 5.10 Å². The zero-order valence-electron chi connectivity index (χ0n) is 15.5. The molecule has 1 amide bonds. The number of ether oxygens (including phenoxy) is 1. The second-order valence-corrected chi connectivity index (χ2v) is 6.54. The van der Waals surface area contributed by atoms with Gasteiger partial charge in [-0.1, -0.05) is 48.5 Å². The van der Waals surface area contributed by atoms with E-state index in [0.717, 1.165) is 22.3 Å². The highest BCUT2D eigenvalue weighted by Gasteiger charge is 2.24. The molecule has 0 aliphatic heterocycles. The molecule has 29 heavy (non-hydrogen) atoms. The van der Waals surface area contributed by atoms with E-state index in [2.05, 4.69) is 10.5 Å². The van der Waals surface area contributed by atoms with Crippen molar-refractivity contribution < 1.29 is 14.5 Å². The van der Waals surface area contributed by atoms with Crippen molar-refractivity contribution in [2.24, 2.45) is 5.10 Å². The van der Waals surface area contributed by atoms with Crippen LogP contribution in [-0.4, -0.2) is 22.6 Å². The molecule has 0 unspecified atom stereocenters. The van der Waals surface area contributed by atoms with Crippen molar-refractivity contribution in [1.82, 2.24) is 5.43 Å². The Morgan fingerprint density at radius 2 is 1.45 bits per heavy atom. The van der Waals surface area contributed by atoms with Gasteiger partial charge in [0.25, 0.3) is 11.6 Å². The summed E-state index contributed by atoms with van der Waals surface area (Å²) in [4.78, 5) is 22.7. The minimum atomic E-state index is -0.826. The molecular weight excluding hydrogens is 370 g/mol. The number of hydrogen-bond donors (Lipinski definition) is 1. The summed E-state index contributed by atoms with van der Waals surface area (Å²) in [6, 6.07) is 21.4. The first-order chi connectivity index (χ1) is 14.0. The number of non-ortho nitro benzene ring substituents is 1. The van der Waals surface area contributed by atoms with Gasteiger partial charge in [-0.3, -0.25) is 14.9 Å². The SMILES string of the molecule is C[C@@H](Oc1ccc([N+](=O)[O-])cc1)C(=O)NN=C1c2ccccc2-c2ccccc21. The highest BCUT2D eigenvalue weighted by Crippen LogP contribution is 2.36. The van der Waals surface area contributed by atoms with Gasteiger partial charge >= 0.3 is 0 Å². The number of carbonyl (C=O) groups is 1. The molecule has 1 atom stereocenters. The van der Waals surface area contributed by atoms with E-state index < -0.39 is 16.9 Å². The topological polar surface area (TPSA) is 93.8 Å². The van der Waals surface area contributed by atoms with Crippen LogP contribution in [0.15, 0.2) is 77.9 Å². The van der Waals surface area contributed by atoms with Gasteiger partial charge < -0.3 is 4.74 Å². The standard InChI is InChI=1S/C22H17N3O4/c1-14(29-16-12-10-15(11-13-16)25(27)28)22(26)24-23-21-19-8-4-2-6-17(19)18-7-3-5-9-20(18)21/h2-14H,1H3,(H,24,26)/t14-/m1/s1. The number of rotatable bonds is 5. The zero-order valence-corrected chi connectivity index (χ0v) is 15.5. The molecule has 0 fully saturated rings. The van der Waals surface area contributed by atoms with Crippen LogP contribution < -0.4 is 10.2 Å². The third-order valence-corrected chi connectivity index (χ3v) is 4.66. The fourth-order valence-electron chi connectivity index (χ4n) is 3.22. The highest BCUT2D eigenvalue weighted by atomic mass is 16.6. The van der Waals surface area contributed by atoms with Crippen molar-refractivity contribution in [1.29, 1.82) is 0 Å². The fourth-order valence-corrected chi connectivity index (χ4v) is 3.22. The second-order valence-electron chi connectivity index (χ2n) is 6.54. The molecule has 0 saturated carbocycles. The maximum Gasteiger partial charge on any atom is 0.280 e. The summed E-state index contributed by atoms with van der Waals surface area (Å²) in [6.45, 7) is 1.59. The van der Waals surface area contributed by atoms with Crippen LogP contribution >= 0.6 is 0 Å². The molecule has 1 N–H and O–H groups in total. The van der Waals surface area contributed by atoms with Gasteiger partial charge in [-0.25, -0.2) is 5.43 Å². The van der Waals surface area contributed by atoms with Gasteiger partial charge in [0.1, 0.15) is 5.75 Å². The van der Waals surface area contributed by atoms with Crippen LogP contribution in [-0.2, 0) is 4.79 Å². The smallest absolute Gasteiger partial charge is 0.280 e. The zero-order chi connectivity index (χ0) is 20.4. The maximum atomic E-state index is 12.5. The number of nitro benzene ring substituents is 1. The Hall–Kier alpha value is -4.00. The lowest BCUT2D eigenvalue weighted by molar-refractivity contribution is -0.384. The summed E-state index contributed by atoms with van der Waals surface area (Å²) in [7, 11) is 0. The van der Waals surface area contributed by atoms with Crippen LogP contribution in [0.25, 0.3) is 11.1 Å². The summed E-state index contributed by atoms with van der Waals surface area (Å²) in [5, 5.41) is 15.1. The third-order valence-electron chi connectivity index (χ3n) is 4.66. The van der Waals surface area contributed by atoms with E-state index in [1.165, 1.54) is 24.3 Å². The first-order valence-corrected chi connectivity index (χ1v) is 9.02. The lowest BCUT2D eigenvalue weighted by atomic mass is 10.1. The molecule has 3 aromatic rings. The van der Waals surface area contributed by atoms with Gasteiger partial charge in [0, 0.05) is 23.3 Å². The van der Waals surface area contributed by atoms with Crippen LogP contribution in [0.1, 0.15) is 18.1 Å². The lowest BCUT2D eigenvalue weighted by Gasteiger charge is -2.13. The number of fused-ring (bicyclic) bond motifs is 3. The van der Waals surface area contributed by atoms with Crippen LogP contribution in [0, 0.1) is 10.1 Å². The number of nitro groups is 1. The van der Waals surface area contributed by atoms with Crippen molar-refractivity contribution in [2.75, 3.05) is 0 Å². The molecule has 144 valence electrons. The van der Waals surface area contributed by atoms with Gasteiger partial charge in [0.05, 0.1) is 10.6 Å². The Bertz CT molecular complexity index is 1080. The van der Waals surface area contributed by atoms with Gasteiger partial charge in [-0.05, 0) is 30.2 Å². The summed E-state index contributed by atoms with van der Waals surface area (Å²) >= 11 is 0. The number of carbonyl (C=O) groups excluding carboxylic acids is 1. The number of hydrazone groups is 1. The Morgan fingerprint density at radius 3 is 1.97 bits per heavy atom. The molecule has 0 bridgehead atoms. The van der Waals surface area contributed by atoms with Crippen molar-refractivity contribution in [3.05, 3.63) is 94.0 Å². The maximum absolute atomic E-state index is 12.5. The molecule has 7 heteroatoms. The third kappa shape index (κ3) is 3.58. The fraction of sp³-hybridized carbons (Fsp3) is 0.0909. The molecule has 1 aliphatic carbocycles. The van der Waals surface area contributed by atoms with E-state index in [0.29, 0.717) is 11.5 Å². The van der Waals surface area contributed by atoms with E-state index in [-0.39, 0.29) is 5.69 Å². The van der Waals surface area contributed by atoms with Crippen molar-refractivity contribution in [2.45, 2.75) is 13.0 Å². The molecule has 1 aliphatic rings. The highest BCUT2D eigenvalue weighted by molar-refractivity contribution is 6.24. The minimum absolute atomic E-state index is 0.0422. The first kappa shape index (κ1) is 18.4. The normalized spacial score (nSPS) is 12.5. The molecule has 7 nitrogen and oxygen atoms in total. The average molecular weight is 387 g/mol. The number of amides is 1. The molecule has 0 heterocycles. The first-order valence-electron chi connectivity index (χ1n) is 9.02. The Morgan fingerprint density at radius 1 is 0.931 bits per heavy atom. The predicted molar refractivity (Wildman–Crippen MR) is 109 cm³/mol. The van der Waals surface area contributed by atoms with Gasteiger partial charge in [0.2, 0.25) is 0 Å². The largest absolute Gasteiger partial charge is 0.481 e. The van der Waals surface area contributed by atoms with Crippen LogP contribution in [0.4, 0.5) is 5.69 Å². The summed E-state index contributed by atoms with van der Waals surface area (Å²) in [5.74, 6) is -0.0554. The van der Waals surface area contributed by atoms with Crippen molar-refractivity contribution in [3.8, 4) is 16.9 Å². The van der Waals surface area contributed by atoms with Crippen molar-refractivity contribution >= 4 is 17.3 Å². The summed E-state index contributed by atoms with van der Waals surface area (Å²) in [6.07, 6.45) is -0.826. The monoisotopic (exact) mass is 387 g/mol. The molecule has 0 aromatic heterocycles. The Kier molecular flexibility index (Phi) is 4.78. The second kappa shape index (κ2) is 7.55.